The highest BCUT2D eigenvalue weighted by Crippen LogP contribution is 2.31. The van der Waals surface area contributed by atoms with Crippen molar-refractivity contribution in [2.45, 2.75) is 120 Å². The first-order chi connectivity index (χ1) is 39.2. The molecule has 21 nitrogen and oxygen atoms in total. The molecule has 82 heavy (non-hydrogen) atoms. The first-order valence-electron chi connectivity index (χ1n) is 27.6. The molecule has 1 aromatic heterocycles. The van der Waals surface area contributed by atoms with Gasteiger partial charge in [0, 0.05) is 72.5 Å². The summed E-state index contributed by atoms with van der Waals surface area (Å²) in [4.78, 5) is 129. The number of nitrogens with two attached hydrogens (primary N) is 1. The Hall–Kier alpha value is -7.18. The van der Waals surface area contributed by atoms with Crippen LogP contribution in [-0.4, -0.2) is 151 Å². The number of nitrogens with zero attached hydrogens (tertiary/aromatic N) is 1. The summed E-state index contributed by atoms with van der Waals surface area (Å²) >= 11 is 3.21. The Morgan fingerprint density at radius 1 is 0.707 bits per heavy atom. The zero-order valence-electron chi connectivity index (χ0n) is 47.3. The van der Waals surface area contributed by atoms with Crippen molar-refractivity contribution in [3.05, 3.63) is 101 Å². The van der Waals surface area contributed by atoms with E-state index in [-0.39, 0.29) is 44.0 Å². The van der Waals surface area contributed by atoms with E-state index < -0.39 is 102 Å². The van der Waals surface area contributed by atoms with Gasteiger partial charge in [0.05, 0.1) is 26.7 Å². The number of carbonyl (C=O) groups excluding carboxylic acids is 9. The molecule has 2 bridgehead atoms. The van der Waals surface area contributed by atoms with Crippen LogP contribution in [0.2, 0.25) is 0 Å². The normalized spacial score (nSPS) is 22.7. The molecular formula is C58H78FN11O10S2. The summed E-state index contributed by atoms with van der Waals surface area (Å²) < 4.78 is 19.8. The summed E-state index contributed by atoms with van der Waals surface area (Å²) in [5.41, 5.74) is 7.49. The minimum Gasteiger partial charge on any atom is -0.497 e. The molecule has 11 N–H and O–H groups in total. The van der Waals surface area contributed by atoms with E-state index in [1.807, 2.05) is 18.2 Å². The number of thioether (sulfide) groups is 2. The van der Waals surface area contributed by atoms with Gasteiger partial charge in [0.1, 0.15) is 41.3 Å². The molecule has 2 aliphatic heterocycles. The number of hydrogen-bond acceptors (Lipinski definition) is 13. The smallest absolute Gasteiger partial charge is 0.246 e. The Morgan fingerprint density at radius 2 is 1.38 bits per heavy atom. The third-order valence-corrected chi connectivity index (χ3v) is 16.3. The summed E-state index contributed by atoms with van der Waals surface area (Å²) in [6.07, 6.45) is 3.84. The molecule has 0 radical (unpaired) electrons. The second kappa shape index (κ2) is 30.8. The van der Waals surface area contributed by atoms with Gasteiger partial charge in [-0.05, 0) is 104 Å². The number of methoxy groups -OCH3 is 1. The van der Waals surface area contributed by atoms with Gasteiger partial charge in [0.2, 0.25) is 53.2 Å². The molecule has 3 heterocycles. The lowest BCUT2D eigenvalue weighted by Crippen LogP contribution is -2.61. The minimum atomic E-state index is -1.39. The summed E-state index contributed by atoms with van der Waals surface area (Å²) in [7, 11) is 1.53. The van der Waals surface area contributed by atoms with Crippen LogP contribution in [0.15, 0.2) is 72.9 Å². The number of hydrogen-bond donors (Lipinski definition) is 10. The highest BCUT2D eigenvalue weighted by Gasteiger charge is 2.47. The van der Waals surface area contributed by atoms with Crippen molar-refractivity contribution in [1.82, 2.24) is 52.4 Å². The van der Waals surface area contributed by atoms with Crippen molar-refractivity contribution in [1.29, 1.82) is 0 Å². The van der Waals surface area contributed by atoms with Crippen molar-refractivity contribution in [3.63, 3.8) is 0 Å². The number of rotatable bonds is 9. The van der Waals surface area contributed by atoms with E-state index in [0.717, 1.165) is 11.1 Å². The van der Waals surface area contributed by atoms with Gasteiger partial charge in [-0.15, -0.1) is 0 Å². The number of halogens is 1. The summed E-state index contributed by atoms with van der Waals surface area (Å²) in [5, 5.41) is 22.0. The molecule has 2 aliphatic rings. The fraction of sp³-hybridized carbons (Fsp3) is 0.500. The Kier molecular flexibility index (Phi) is 24.0. The van der Waals surface area contributed by atoms with Gasteiger partial charge in [-0.25, -0.2) is 4.39 Å². The van der Waals surface area contributed by atoms with Gasteiger partial charge in [-0.1, -0.05) is 57.2 Å². The van der Waals surface area contributed by atoms with E-state index in [1.54, 1.807) is 81.7 Å². The molecule has 1 saturated heterocycles. The maximum absolute atomic E-state index is 14.5. The highest BCUT2D eigenvalue weighted by molar-refractivity contribution is 7.98. The fourth-order valence-electron chi connectivity index (χ4n) is 9.69. The zero-order chi connectivity index (χ0) is 59.4. The van der Waals surface area contributed by atoms with Crippen LogP contribution in [0, 0.1) is 11.2 Å². The molecule has 444 valence electrons. The van der Waals surface area contributed by atoms with E-state index in [2.05, 4.69) is 53.6 Å². The van der Waals surface area contributed by atoms with Crippen LogP contribution in [-0.2, 0) is 67.5 Å². The molecule has 24 heteroatoms. The van der Waals surface area contributed by atoms with Gasteiger partial charge in [0.15, 0.2) is 0 Å². The number of carbonyl (C=O) groups is 9. The number of aromatic amines is 1. The number of benzene rings is 3. The number of H-pyrrole nitrogens is 1. The van der Waals surface area contributed by atoms with E-state index >= 15 is 0 Å². The maximum atomic E-state index is 14.5. The van der Waals surface area contributed by atoms with Crippen LogP contribution >= 0.6 is 23.5 Å². The molecule has 1 fully saturated rings. The first-order valence-corrected chi connectivity index (χ1v) is 29.9. The standard InChI is InChI=1S/C58H78FN11O10S2/c1-57(2,3)51-54(77)68-45(28-39-30-62-43-18-15-40(59)29-42(39)43)52(75)65-32-49(73)63-31-48(72)64-33-50(74)67-46(27-36-13-16-41(80-5)17-14-36)55(78)70-23-9-20-58(70,4)56(79)61-22-25-82-35-38-11-8-10-37(26-38)34-81-24-19-47(71)66-44(53(76)69-51)12-6-7-21-60/h8,10-11,13-18,26,29-30,44-46,51,62H,6-7,9,12,19-25,27-28,31-35,60H2,1-5H3,(H,61,79)(H,63,73)(H,64,72)(H,65,75)(H,66,71)(H,67,74)(H,68,77)(H,69,76)/t44-,45-,46-,51?,58-/m1/s1. The van der Waals surface area contributed by atoms with Crippen LogP contribution in [0.5, 0.6) is 5.75 Å². The second-order valence-corrected chi connectivity index (χ2v) is 23.9. The first kappa shape index (κ1) is 64.0. The quantitative estimate of drug-likeness (QED) is 0.108. The predicted octanol–water partition coefficient (Wildman–Crippen LogP) is 2.63. The lowest BCUT2D eigenvalue weighted by Gasteiger charge is -2.36. The number of amides is 9. The van der Waals surface area contributed by atoms with Crippen molar-refractivity contribution >= 4 is 87.6 Å². The number of ether oxygens (including phenoxy) is 1. The van der Waals surface area contributed by atoms with Crippen LogP contribution in [0.4, 0.5) is 4.39 Å². The van der Waals surface area contributed by atoms with E-state index in [1.165, 1.54) is 30.2 Å². The number of unbranched alkanes of at least 4 members (excludes halogenated alkanes) is 1. The molecular weight excluding hydrogens is 1090 g/mol. The minimum absolute atomic E-state index is 0.0567. The molecule has 4 aromatic rings. The molecule has 9 amide bonds. The van der Waals surface area contributed by atoms with Crippen molar-refractivity contribution in [2.75, 3.05) is 57.9 Å². The van der Waals surface area contributed by atoms with Gasteiger partial charge in [-0.2, -0.15) is 23.5 Å². The SMILES string of the molecule is COc1ccc(C[C@H]2NC(=O)CNC(=O)CNC(=O)CNC(=O)[C@@H](Cc3c[nH]c4ccc(F)cc34)NC(=O)C(C(C)(C)C)NC(=O)[C@@H](CCCCN)NC(=O)CCSCc3cccc(c3)CSCCNC(=O)[C@@]3(C)CCCN3C2=O)cc1. The van der Waals surface area contributed by atoms with E-state index in [0.29, 0.717) is 89.6 Å². The average molecular weight is 1170 g/mol. The number of aromatic nitrogens is 1. The Morgan fingerprint density at radius 3 is 2.06 bits per heavy atom. The monoisotopic (exact) mass is 1170 g/mol. The number of nitrogens with one attached hydrogen (secondary N) is 9. The van der Waals surface area contributed by atoms with Crippen molar-refractivity contribution < 1.29 is 52.3 Å². The lowest BCUT2D eigenvalue weighted by atomic mass is 9.85. The van der Waals surface area contributed by atoms with Crippen LogP contribution in [0.3, 0.4) is 0 Å². The third-order valence-electron chi connectivity index (χ3n) is 14.3. The van der Waals surface area contributed by atoms with Crippen LogP contribution < -0.4 is 53.0 Å². The van der Waals surface area contributed by atoms with Gasteiger partial charge < -0.3 is 62.9 Å². The van der Waals surface area contributed by atoms with Gasteiger partial charge >= 0.3 is 0 Å². The van der Waals surface area contributed by atoms with E-state index in [9.17, 15) is 47.5 Å². The molecule has 0 spiro atoms. The molecule has 3 aromatic carbocycles. The van der Waals surface area contributed by atoms with Crippen molar-refractivity contribution in [2.24, 2.45) is 11.1 Å². The molecule has 6 rings (SSSR count). The Bertz CT molecular complexity index is 2900. The van der Waals surface area contributed by atoms with Crippen LogP contribution in [0.1, 0.15) is 88.5 Å². The topological polar surface area (TPSA) is 304 Å². The molecule has 5 atom stereocenters. The van der Waals surface area contributed by atoms with E-state index in [4.69, 9.17) is 10.5 Å². The van der Waals surface area contributed by atoms with Crippen molar-refractivity contribution in [3.8, 4) is 5.75 Å². The molecule has 0 saturated carbocycles. The average Bonchev–Trinajstić information content (AvgIpc) is 4.18. The molecule has 0 aliphatic carbocycles. The fourth-order valence-corrected chi connectivity index (χ4v) is 11.4. The Balaban J connectivity index is 1.21. The maximum Gasteiger partial charge on any atom is 0.246 e. The summed E-state index contributed by atoms with van der Waals surface area (Å²) in [5.74, 6) is -3.21. The largest absolute Gasteiger partial charge is 0.497 e. The third kappa shape index (κ3) is 18.9. The Labute approximate surface area is 486 Å². The second-order valence-electron chi connectivity index (χ2n) is 21.7. The number of fused-ring (bicyclic) bond motifs is 4. The summed E-state index contributed by atoms with van der Waals surface area (Å²) in [6.45, 7) is 6.04. The highest BCUT2D eigenvalue weighted by atomic mass is 32.2. The predicted molar refractivity (Wildman–Crippen MR) is 314 cm³/mol. The van der Waals surface area contributed by atoms with Gasteiger partial charge in [0.25, 0.3) is 0 Å². The van der Waals surface area contributed by atoms with Crippen LogP contribution in [0.25, 0.3) is 10.9 Å². The van der Waals surface area contributed by atoms with Gasteiger partial charge in [-0.3, -0.25) is 43.2 Å². The summed E-state index contributed by atoms with van der Waals surface area (Å²) in [6, 6.07) is 14.4. The molecule has 1 unspecified atom stereocenters. The zero-order valence-corrected chi connectivity index (χ0v) is 48.9. The lowest BCUT2D eigenvalue weighted by molar-refractivity contribution is -0.146.